The minimum atomic E-state index is 0.391. The first-order chi connectivity index (χ1) is 14.5. The zero-order valence-corrected chi connectivity index (χ0v) is 20.8. The average molecular weight is 413 g/mol. The smallest absolute Gasteiger partial charge is 0.0744 e. The van der Waals surface area contributed by atoms with Gasteiger partial charge >= 0.3 is 0 Å². The molecule has 2 unspecified atom stereocenters. The Labute approximate surface area is 188 Å². The standard InChI is InChI=1S/C28H48N2/c1-7-23(3)21-29(5)27(25-15-11-9-12-16-25)19-20-28(26-17-13-10-14-18-26)30(6)22-24(4)8-2/h7-8,25-28H,9-18,21-22H2,1-6H3/b23-7+,24-8+. The van der Waals surface area contributed by atoms with Crippen LogP contribution in [0.4, 0.5) is 0 Å². The Morgan fingerprint density at radius 2 is 1.03 bits per heavy atom. The van der Waals surface area contributed by atoms with E-state index in [4.69, 9.17) is 0 Å². The van der Waals surface area contributed by atoms with Crippen LogP contribution in [0.5, 0.6) is 0 Å². The third-order valence-electron chi connectivity index (χ3n) is 7.50. The van der Waals surface area contributed by atoms with Crippen LogP contribution in [0.25, 0.3) is 0 Å². The van der Waals surface area contributed by atoms with Crippen molar-refractivity contribution >= 4 is 0 Å². The van der Waals surface area contributed by atoms with Crippen molar-refractivity contribution in [2.24, 2.45) is 11.8 Å². The number of nitrogens with zero attached hydrogens (tertiary/aromatic N) is 2. The fourth-order valence-corrected chi connectivity index (χ4v) is 5.41. The summed E-state index contributed by atoms with van der Waals surface area (Å²) in [5.74, 6) is 9.22. The highest BCUT2D eigenvalue weighted by Gasteiger charge is 2.28. The van der Waals surface area contributed by atoms with E-state index >= 15 is 0 Å². The topological polar surface area (TPSA) is 6.48 Å². The van der Waals surface area contributed by atoms with Crippen molar-refractivity contribution in [1.82, 2.24) is 9.80 Å². The average Bonchev–Trinajstić information content (AvgIpc) is 2.77. The first kappa shape index (κ1) is 25.2. The van der Waals surface area contributed by atoms with E-state index in [1.54, 1.807) is 0 Å². The monoisotopic (exact) mass is 412 g/mol. The zero-order chi connectivity index (χ0) is 21.9. The molecule has 0 heterocycles. The molecule has 0 aliphatic heterocycles. The van der Waals surface area contributed by atoms with Gasteiger partial charge in [0.15, 0.2) is 0 Å². The molecule has 0 bridgehead atoms. The molecule has 2 heteroatoms. The van der Waals surface area contributed by atoms with Crippen LogP contribution in [-0.2, 0) is 0 Å². The van der Waals surface area contributed by atoms with Crippen LogP contribution in [0.2, 0.25) is 0 Å². The van der Waals surface area contributed by atoms with Crippen LogP contribution in [0.15, 0.2) is 23.3 Å². The second-order valence-corrected chi connectivity index (χ2v) is 10.1. The lowest BCUT2D eigenvalue weighted by Crippen LogP contribution is -2.41. The molecule has 0 amide bonds. The number of hydrogen-bond donors (Lipinski definition) is 0. The minimum Gasteiger partial charge on any atom is -0.289 e. The van der Waals surface area contributed by atoms with Crippen molar-refractivity contribution in [1.29, 1.82) is 0 Å². The van der Waals surface area contributed by atoms with Crippen LogP contribution < -0.4 is 0 Å². The molecule has 2 nitrogen and oxygen atoms in total. The second kappa shape index (κ2) is 13.4. The molecule has 170 valence electrons. The van der Waals surface area contributed by atoms with E-state index in [1.807, 2.05) is 0 Å². The quantitative estimate of drug-likeness (QED) is 0.324. The van der Waals surface area contributed by atoms with Crippen molar-refractivity contribution < 1.29 is 0 Å². The number of allylic oxidation sites excluding steroid dienone is 2. The summed E-state index contributed by atoms with van der Waals surface area (Å²) < 4.78 is 0. The van der Waals surface area contributed by atoms with Gasteiger partial charge in [0.2, 0.25) is 0 Å². The summed E-state index contributed by atoms with van der Waals surface area (Å²) in [5.41, 5.74) is 2.90. The molecule has 2 atom stereocenters. The molecule has 0 aromatic carbocycles. The SMILES string of the molecule is C/C=C(\C)CN(C)C(C#CC(C1CCCCC1)N(C)C/C(C)=C/C)C1CCCCC1. The molecule has 2 aliphatic rings. The van der Waals surface area contributed by atoms with Crippen LogP contribution in [-0.4, -0.2) is 49.1 Å². The minimum absolute atomic E-state index is 0.391. The van der Waals surface area contributed by atoms with Gasteiger partial charge in [0, 0.05) is 13.1 Å². The second-order valence-electron chi connectivity index (χ2n) is 10.1. The third-order valence-corrected chi connectivity index (χ3v) is 7.50. The molecule has 0 spiro atoms. The maximum Gasteiger partial charge on any atom is 0.0744 e. The van der Waals surface area contributed by atoms with Gasteiger partial charge in [0.1, 0.15) is 0 Å². The summed E-state index contributed by atoms with van der Waals surface area (Å²) in [4.78, 5) is 5.07. The van der Waals surface area contributed by atoms with E-state index < -0.39 is 0 Å². The molecule has 2 fully saturated rings. The molecule has 0 aromatic rings. The fraction of sp³-hybridized carbons (Fsp3) is 0.786. The van der Waals surface area contributed by atoms with Crippen molar-refractivity contribution in [3.63, 3.8) is 0 Å². The van der Waals surface area contributed by atoms with Gasteiger partial charge in [-0.05, 0) is 79.3 Å². The molecular formula is C28H48N2. The van der Waals surface area contributed by atoms with Gasteiger partial charge in [-0.3, -0.25) is 9.80 Å². The molecule has 30 heavy (non-hydrogen) atoms. The fourth-order valence-electron chi connectivity index (χ4n) is 5.41. The molecule has 2 aliphatic carbocycles. The predicted octanol–water partition coefficient (Wildman–Crippen LogP) is 6.68. The van der Waals surface area contributed by atoms with E-state index in [1.165, 1.54) is 75.4 Å². The largest absolute Gasteiger partial charge is 0.289 e. The van der Waals surface area contributed by atoms with E-state index in [0.717, 1.165) is 24.9 Å². The highest BCUT2D eigenvalue weighted by atomic mass is 15.1. The highest BCUT2D eigenvalue weighted by Crippen LogP contribution is 2.31. The first-order valence-corrected chi connectivity index (χ1v) is 12.6. The number of hydrogen-bond acceptors (Lipinski definition) is 2. The lowest BCUT2D eigenvalue weighted by Gasteiger charge is -2.36. The van der Waals surface area contributed by atoms with E-state index in [0.29, 0.717) is 12.1 Å². The molecule has 0 N–H and O–H groups in total. The molecule has 0 saturated heterocycles. The molecule has 2 rings (SSSR count). The van der Waals surface area contributed by atoms with E-state index in [9.17, 15) is 0 Å². The van der Waals surface area contributed by atoms with Gasteiger partial charge in [0.05, 0.1) is 12.1 Å². The van der Waals surface area contributed by atoms with Crippen LogP contribution in [0.3, 0.4) is 0 Å². The van der Waals surface area contributed by atoms with Crippen LogP contribution in [0.1, 0.15) is 91.9 Å². The van der Waals surface area contributed by atoms with E-state index in [2.05, 4.69) is 75.6 Å². The summed E-state index contributed by atoms with van der Waals surface area (Å²) in [5, 5.41) is 0. The third kappa shape index (κ3) is 7.90. The summed E-state index contributed by atoms with van der Waals surface area (Å²) in [6, 6.07) is 0.782. The Hall–Kier alpha value is -1.04. The van der Waals surface area contributed by atoms with Gasteiger partial charge in [-0.15, -0.1) is 0 Å². The van der Waals surface area contributed by atoms with Gasteiger partial charge < -0.3 is 0 Å². The summed E-state index contributed by atoms with van der Waals surface area (Å²) in [6.45, 7) is 10.9. The van der Waals surface area contributed by atoms with Crippen molar-refractivity contribution in [2.75, 3.05) is 27.2 Å². The van der Waals surface area contributed by atoms with Crippen LogP contribution >= 0.6 is 0 Å². The maximum atomic E-state index is 3.88. The Bertz CT molecular complexity index is 556. The van der Waals surface area contributed by atoms with Gasteiger partial charge in [0.25, 0.3) is 0 Å². The summed E-state index contributed by atoms with van der Waals surface area (Å²) in [7, 11) is 4.59. The molecule has 0 aromatic heterocycles. The molecule has 2 saturated carbocycles. The van der Waals surface area contributed by atoms with E-state index in [-0.39, 0.29) is 0 Å². The zero-order valence-electron chi connectivity index (χ0n) is 20.8. The van der Waals surface area contributed by atoms with Gasteiger partial charge in [-0.1, -0.05) is 73.7 Å². The number of likely N-dealkylation sites (N-methyl/N-ethyl adjacent to an activating group) is 2. The Morgan fingerprint density at radius 1 is 0.700 bits per heavy atom. The molecular weight excluding hydrogens is 364 g/mol. The van der Waals surface area contributed by atoms with Crippen molar-refractivity contribution in [3.05, 3.63) is 23.3 Å². The highest BCUT2D eigenvalue weighted by molar-refractivity contribution is 5.18. The van der Waals surface area contributed by atoms with Crippen LogP contribution in [0, 0.1) is 23.7 Å². The van der Waals surface area contributed by atoms with Gasteiger partial charge in [-0.25, -0.2) is 0 Å². The normalized spacial score (nSPS) is 22.1. The van der Waals surface area contributed by atoms with Crippen molar-refractivity contribution in [2.45, 2.75) is 104 Å². The lowest BCUT2D eigenvalue weighted by atomic mass is 9.81. The summed E-state index contributed by atoms with van der Waals surface area (Å²) >= 11 is 0. The maximum absolute atomic E-state index is 3.88. The van der Waals surface area contributed by atoms with Gasteiger partial charge in [-0.2, -0.15) is 0 Å². The first-order valence-electron chi connectivity index (χ1n) is 12.6. The lowest BCUT2D eigenvalue weighted by molar-refractivity contribution is 0.189. The van der Waals surface area contributed by atoms with Crippen molar-refractivity contribution in [3.8, 4) is 11.8 Å². The Balaban J connectivity index is 2.26. The Kier molecular flexibility index (Phi) is 11.3. The summed E-state index contributed by atoms with van der Waals surface area (Å²) in [6.07, 6.45) is 18.2. The molecule has 0 radical (unpaired) electrons. The predicted molar refractivity (Wildman–Crippen MR) is 133 cm³/mol. The Morgan fingerprint density at radius 3 is 1.33 bits per heavy atom. The number of rotatable bonds is 8.